The summed E-state index contributed by atoms with van der Waals surface area (Å²) in [6.07, 6.45) is -4.00. The lowest BCUT2D eigenvalue weighted by Crippen LogP contribution is -2.62. The minimum absolute atomic E-state index is 0.00603. The summed E-state index contributed by atoms with van der Waals surface area (Å²) in [6.45, 7) is 5.34. The summed E-state index contributed by atoms with van der Waals surface area (Å²) in [4.78, 5) is 38.0. The van der Waals surface area contributed by atoms with Gasteiger partial charge in [-0.25, -0.2) is 9.59 Å². The average Bonchev–Trinajstić information content (AvgIpc) is 3.36. The predicted molar refractivity (Wildman–Crippen MR) is 153 cm³/mol. The number of carbonyl (C=O) groups excluding carboxylic acids is 2. The molecule has 2 fully saturated rings. The van der Waals surface area contributed by atoms with Crippen molar-refractivity contribution in [2.24, 2.45) is 0 Å². The van der Waals surface area contributed by atoms with Gasteiger partial charge < -0.3 is 33.4 Å². The van der Waals surface area contributed by atoms with Crippen LogP contribution in [0.1, 0.15) is 29.8 Å². The normalized spacial score (nSPS) is 22.6. The summed E-state index contributed by atoms with van der Waals surface area (Å²) in [5.41, 5.74) is 1.48. The Balaban J connectivity index is 1.24. The third-order valence-corrected chi connectivity index (χ3v) is 7.54. The van der Waals surface area contributed by atoms with Crippen LogP contribution in [0.15, 0.2) is 82.0 Å². The lowest BCUT2D eigenvalue weighted by Gasteiger charge is -2.45. The molecular formula is C32H29NO9. The highest BCUT2D eigenvalue weighted by Crippen LogP contribution is 2.39. The molecule has 1 amide bonds. The number of benzene rings is 3. The van der Waals surface area contributed by atoms with E-state index >= 15 is 0 Å². The average molecular weight is 572 g/mol. The first-order valence-corrected chi connectivity index (χ1v) is 13.4. The molecule has 4 aromatic rings. The van der Waals surface area contributed by atoms with Crippen LogP contribution in [-0.2, 0) is 18.9 Å². The highest BCUT2D eigenvalue weighted by Gasteiger charge is 2.59. The molecule has 0 saturated carbocycles. The summed E-state index contributed by atoms with van der Waals surface area (Å²) in [5, 5.41) is 3.25. The predicted octanol–water partition coefficient (Wildman–Crippen LogP) is 5.45. The van der Waals surface area contributed by atoms with Crippen molar-refractivity contribution in [3.05, 3.63) is 94.3 Å². The molecule has 0 bridgehead atoms. The minimum Gasteiger partial charge on any atom is -0.460 e. The number of nitrogens with one attached hydrogen (secondary N) is 1. The standard InChI is InChI=1S/C32H29NO9/c1-17-23(38-30-26-25(40-31(36)41-26)27(37-4)32(2,3)42-30)14-13-20-16-22(29(35)39-24(17)20)33-28(34)21-12-8-11-19(15-21)18-9-6-5-7-10-18/h5-16,25-27,30H,1-4H3,(H,33,34)/t25-,26+,27+,30+/m0/s1. The van der Waals surface area contributed by atoms with Crippen molar-refractivity contribution in [3.63, 3.8) is 0 Å². The Morgan fingerprint density at radius 2 is 1.64 bits per heavy atom. The number of aryl methyl sites for hydroxylation is 1. The van der Waals surface area contributed by atoms with E-state index in [-0.39, 0.29) is 11.3 Å². The fraction of sp³-hybridized carbons (Fsp3) is 0.281. The van der Waals surface area contributed by atoms with Crippen molar-refractivity contribution in [1.82, 2.24) is 0 Å². The Morgan fingerprint density at radius 3 is 2.40 bits per heavy atom. The van der Waals surface area contributed by atoms with Crippen molar-refractivity contribution in [1.29, 1.82) is 0 Å². The highest BCUT2D eigenvalue weighted by molar-refractivity contribution is 6.05. The molecular weight excluding hydrogens is 542 g/mol. The van der Waals surface area contributed by atoms with E-state index in [9.17, 15) is 14.4 Å². The van der Waals surface area contributed by atoms with Gasteiger partial charge in [-0.05, 0) is 62.2 Å². The maximum atomic E-state index is 13.1. The van der Waals surface area contributed by atoms with E-state index in [0.717, 1.165) is 11.1 Å². The molecule has 0 unspecified atom stereocenters. The van der Waals surface area contributed by atoms with Crippen LogP contribution in [0.3, 0.4) is 0 Å². The van der Waals surface area contributed by atoms with Gasteiger partial charge in [-0.15, -0.1) is 0 Å². The minimum atomic E-state index is -1.00. The van der Waals surface area contributed by atoms with Gasteiger partial charge in [0.1, 0.15) is 23.1 Å². The second-order valence-electron chi connectivity index (χ2n) is 10.7. The first-order chi connectivity index (χ1) is 20.1. The first kappa shape index (κ1) is 27.5. The van der Waals surface area contributed by atoms with Gasteiger partial charge in [0.25, 0.3) is 5.91 Å². The number of carbonyl (C=O) groups is 2. The summed E-state index contributed by atoms with van der Waals surface area (Å²) in [5.74, 6) is -0.0797. The smallest absolute Gasteiger partial charge is 0.460 e. The van der Waals surface area contributed by atoms with Crippen LogP contribution in [0.5, 0.6) is 5.75 Å². The summed E-state index contributed by atoms with van der Waals surface area (Å²) < 4.78 is 34.2. The molecule has 10 heteroatoms. The molecule has 2 saturated heterocycles. The molecule has 2 aliphatic heterocycles. The van der Waals surface area contributed by atoms with Crippen molar-refractivity contribution < 1.29 is 37.7 Å². The molecule has 2 aliphatic rings. The van der Waals surface area contributed by atoms with E-state index < -0.39 is 47.9 Å². The van der Waals surface area contributed by atoms with Crippen LogP contribution < -0.4 is 15.7 Å². The Kier molecular flexibility index (Phi) is 6.96. The Labute approximate surface area is 241 Å². The number of hydrogen-bond acceptors (Lipinski definition) is 9. The molecule has 6 rings (SSSR count). The van der Waals surface area contributed by atoms with Crippen molar-refractivity contribution >= 4 is 28.7 Å². The molecule has 216 valence electrons. The molecule has 4 atom stereocenters. The maximum Gasteiger partial charge on any atom is 0.509 e. The van der Waals surface area contributed by atoms with Gasteiger partial charge in [0.2, 0.25) is 12.4 Å². The third-order valence-electron chi connectivity index (χ3n) is 7.54. The van der Waals surface area contributed by atoms with Gasteiger partial charge in [0, 0.05) is 23.6 Å². The van der Waals surface area contributed by atoms with E-state index in [0.29, 0.717) is 22.3 Å². The van der Waals surface area contributed by atoms with Gasteiger partial charge in [0.05, 0.1) is 5.60 Å². The number of ether oxygens (including phenoxy) is 5. The Morgan fingerprint density at radius 1 is 0.905 bits per heavy atom. The number of fused-ring (bicyclic) bond motifs is 2. The lowest BCUT2D eigenvalue weighted by atomic mass is 9.89. The molecule has 0 spiro atoms. The van der Waals surface area contributed by atoms with Gasteiger partial charge >= 0.3 is 11.8 Å². The van der Waals surface area contributed by atoms with E-state index in [1.165, 1.54) is 7.11 Å². The topological polar surface area (TPSA) is 123 Å². The molecule has 1 N–H and O–H groups in total. The molecule has 10 nitrogen and oxygen atoms in total. The van der Waals surface area contributed by atoms with Crippen LogP contribution in [-0.4, -0.2) is 49.4 Å². The van der Waals surface area contributed by atoms with Crippen molar-refractivity contribution in [2.45, 2.75) is 51.0 Å². The van der Waals surface area contributed by atoms with Gasteiger partial charge in [-0.2, -0.15) is 0 Å². The molecule has 1 aromatic heterocycles. The molecule has 3 heterocycles. The van der Waals surface area contributed by atoms with E-state index in [2.05, 4.69) is 5.32 Å². The molecule has 0 aliphatic carbocycles. The summed E-state index contributed by atoms with van der Waals surface area (Å²) in [7, 11) is 1.51. The monoisotopic (exact) mass is 571 g/mol. The second kappa shape index (κ2) is 10.6. The summed E-state index contributed by atoms with van der Waals surface area (Å²) in [6, 6.07) is 21.8. The first-order valence-electron chi connectivity index (χ1n) is 13.4. The third kappa shape index (κ3) is 4.99. The van der Waals surface area contributed by atoms with E-state index in [1.54, 1.807) is 57.2 Å². The van der Waals surface area contributed by atoms with Crippen LogP contribution in [0.4, 0.5) is 10.5 Å². The number of hydrogen-bond donors (Lipinski definition) is 1. The van der Waals surface area contributed by atoms with Gasteiger partial charge in [-0.1, -0.05) is 42.5 Å². The fourth-order valence-electron chi connectivity index (χ4n) is 5.48. The molecule has 0 radical (unpaired) electrons. The Hall–Kier alpha value is -4.67. The van der Waals surface area contributed by atoms with Crippen LogP contribution >= 0.6 is 0 Å². The lowest BCUT2D eigenvalue weighted by molar-refractivity contribution is -0.282. The Bertz CT molecular complexity index is 1730. The second-order valence-corrected chi connectivity index (χ2v) is 10.7. The van der Waals surface area contributed by atoms with Crippen LogP contribution in [0.2, 0.25) is 0 Å². The quantitative estimate of drug-likeness (QED) is 0.238. The van der Waals surface area contributed by atoms with Crippen molar-refractivity contribution in [2.75, 3.05) is 12.4 Å². The van der Waals surface area contributed by atoms with Crippen LogP contribution in [0, 0.1) is 6.92 Å². The molecule has 3 aromatic carbocycles. The highest BCUT2D eigenvalue weighted by atomic mass is 16.8. The number of anilines is 1. The molecule has 42 heavy (non-hydrogen) atoms. The number of amides is 1. The van der Waals surface area contributed by atoms with E-state index in [4.69, 9.17) is 28.1 Å². The zero-order valence-corrected chi connectivity index (χ0v) is 23.4. The number of rotatable bonds is 6. The van der Waals surface area contributed by atoms with E-state index in [1.807, 2.05) is 36.4 Å². The van der Waals surface area contributed by atoms with Crippen LogP contribution in [0.25, 0.3) is 22.1 Å². The van der Waals surface area contributed by atoms with Gasteiger partial charge in [-0.3, -0.25) is 4.79 Å². The largest absolute Gasteiger partial charge is 0.509 e. The zero-order valence-electron chi connectivity index (χ0n) is 23.4. The fourth-order valence-corrected chi connectivity index (χ4v) is 5.48. The SMILES string of the molecule is CO[C@@H]1[C@H]2OC(=O)O[C@H]2[C@H](Oc2ccc3cc(NC(=O)c4cccc(-c5ccccc5)c4)c(=O)oc3c2C)OC1(C)C. The van der Waals surface area contributed by atoms with Crippen molar-refractivity contribution in [3.8, 4) is 16.9 Å². The number of methoxy groups -OCH3 is 1. The summed E-state index contributed by atoms with van der Waals surface area (Å²) >= 11 is 0. The van der Waals surface area contributed by atoms with Gasteiger partial charge in [0.15, 0.2) is 6.10 Å². The zero-order chi connectivity index (χ0) is 29.6. The maximum absolute atomic E-state index is 13.1.